The molecular formula is C12H12ClNO2S. The molecule has 0 fully saturated rings. The first-order chi connectivity index (χ1) is 8.13. The maximum Gasteiger partial charge on any atom is 0.106 e. The second kappa shape index (κ2) is 5.23. The minimum absolute atomic E-state index is 0.197. The summed E-state index contributed by atoms with van der Waals surface area (Å²) in [7, 11) is 0. The van der Waals surface area contributed by atoms with Crippen molar-refractivity contribution < 1.29 is 10.2 Å². The Morgan fingerprint density at radius 3 is 2.76 bits per heavy atom. The standard InChI is InChI=1S/C12H12ClNO2S/c13-9-3-4-14-10-5-7(1-2-8(9)10)12(16)11(15)6-17/h1-5,11-12,15-17H,6H2. The fourth-order valence-electron chi connectivity index (χ4n) is 1.64. The average Bonchev–Trinajstić information content (AvgIpc) is 2.37. The van der Waals surface area contributed by atoms with Gasteiger partial charge in [-0.3, -0.25) is 4.98 Å². The normalized spacial score (nSPS) is 14.8. The van der Waals surface area contributed by atoms with Crippen LogP contribution in [0.25, 0.3) is 10.9 Å². The van der Waals surface area contributed by atoms with Crippen molar-refractivity contribution in [3.8, 4) is 0 Å². The van der Waals surface area contributed by atoms with E-state index in [2.05, 4.69) is 17.6 Å². The van der Waals surface area contributed by atoms with Crippen molar-refractivity contribution in [2.24, 2.45) is 0 Å². The Labute approximate surface area is 109 Å². The largest absolute Gasteiger partial charge is 0.389 e. The van der Waals surface area contributed by atoms with Gasteiger partial charge in [-0.1, -0.05) is 23.7 Å². The second-order valence-electron chi connectivity index (χ2n) is 3.76. The van der Waals surface area contributed by atoms with Gasteiger partial charge in [0.05, 0.1) is 16.6 Å². The van der Waals surface area contributed by atoms with Gasteiger partial charge in [0.25, 0.3) is 0 Å². The molecule has 0 bridgehead atoms. The zero-order chi connectivity index (χ0) is 12.4. The molecule has 2 atom stereocenters. The summed E-state index contributed by atoms with van der Waals surface area (Å²) in [5, 5.41) is 20.8. The molecule has 2 aromatic rings. The third kappa shape index (κ3) is 2.55. The molecule has 5 heteroatoms. The second-order valence-corrected chi connectivity index (χ2v) is 4.54. The first-order valence-electron chi connectivity index (χ1n) is 5.14. The van der Waals surface area contributed by atoms with Crippen molar-refractivity contribution in [1.29, 1.82) is 0 Å². The van der Waals surface area contributed by atoms with Crippen molar-refractivity contribution in [3.63, 3.8) is 0 Å². The average molecular weight is 270 g/mol. The minimum atomic E-state index is -0.960. The molecule has 0 aliphatic rings. The number of nitrogens with zero attached hydrogens (tertiary/aromatic N) is 1. The van der Waals surface area contributed by atoms with Gasteiger partial charge in [0.1, 0.15) is 6.10 Å². The van der Waals surface area contributed by atoms with E-state index in [-0.39, 0.29) is 5.75 Å². The van der Waals surface area contributed by atoms with Crippen LogP contribution in [0.5, 0.6) is 0 Å². The van der Waals surface area contributed by atoms with Crippen LogP contribution in [-0.2, 0) is 0 Å². The van der Waals surface area contributed by atoms with E-state index in [4.69, 9.17) is 11.6 Å². The number of hydrogen-bond donors (Lipinski definition) is 3. The highest BCUT2D eigenvalue weighted by Gasteiger charge is 2.17. The maximum absolute atomic E-state index is 9.86. The van der Waals surface area contributed by atoms with Crippen LogP contribution in [0.4, 0.5) is 0 Å². The van der Waals surface area contributed by atoms with E-state index in [1.165, 1.54) is 0 Å². The van der Waals surface area contributed by atoms with E-state index >= 15 is 0 Å². The minimum Gasteiger partial charge on any atom is -0.389 e. The van der Waals surface area contributed by atoms with Crippen molar-refractivity contribution >= 4 is 35.1 Å². The molecule has 1 aromatic carbocycles. The lowest BCUT2D eigenvalue weighted by atomic mass is 10.0. The molecule has 0 aliphatic carbocycles. The van der Waals surface area contributed by atoms with Gasteiger partial charge in [0, 0.05) is 17.3 Å². The lowest BCUT2D eigenvalue weighted by Gasteiger charge is -2.16. The molecule has 0 aliphatic heterocycles. The van der Waals surface area contributed by atoms with Crippen LogP contribution in [0.15, 0.2) is 30.5 Å². The summed E-state index contributed by atoms with van der Waals surface area (Å²) >= 11 is 9.96. The lowest BCUT2D eigenvalue weighted by molar-refractivity contribution is 0.0338. The molecule has 0 radical (unpaired) electrons. The molecule has 2 N–H and O–H groups in total. The molecule has 2 unspecified atom stereocenters. The Balaban J connectivity index is 2.45. The molecule has 90 valence electrons. The molecular weight excluding hydrogens is 258 g/mol. The highest BCUT2D eigenvalue weighted by molar-refractivity contribution is 7.80. The first-order valence-corrected chi connectivity index (χ1v) is 6.15. The van der Waals surface area contributed by atoms with E-state index in [0.717, 1.165) is 5.39 Å². The highest BCUT2D eigenvalue weighted by Crippen LogP contribution is 2.26. The van der Waals surface area contributed by atoms with Crippen molar-refractivity contribution in [2.45, 2.75) is 12.2 Å². The number of aromatic nitrogens is 1. The summed E-state index contributed by atoms with van der Waals surface area (Å²) in [6.45, 7) is 0. The van der Waals surface area contributed by atoms with Crippen molar-refractivity contribution in [1.82, 2.24) is 4.98 Å². The number of rotatable bonds is 3. The van der Waals surface area contributed by atoms with Crippen LogP contribution in [0.2, 0.25) is 5.02 Å². The fraction of sp³-hybridized carbons (Fsp3) is 0.250. The quantitative estimate of drug-likeness (QED) is 0.749. The molecule has 1 aromatic heterocycles. The van der Waals surface area contributed by atoms with Gasteiger partial charge in [-0.2, -0.15) is 12.6 Å². The molecule has 0 saturated heterocycles. The van der Waals surface area contributed by atoms with Crippen molar-refractivity contribution in [3.05, 3.63) is 41.0 Å². The van der Waals surface area contributed by atoms with Crippen LogP contribution in [0.1, 0.15) is 11.7 Å². The molecule has 0 amide bonds. The summed E-state index contributed by atoms with van der Waals surface area (Å²) in [6.07, 6.45) is -0.247. The number of thiol groups is 1. The summed E-state index contributed by atoms with van der Waals surface area (Å²) in [5.41, 5.74) is 1.30. The van der Waals surface area contributed by atoms with Gasteiger partial charge < -0.3 is 10.2 Å². The summed E-state index contributed by atoms with van der Waals surface area (Å²) in [5.74, 6) is 0.197. The zero-order valence-electron chi connectivity index (χ0n) is 8.92. The van der Waals surface area contributed by atoms with E-state index < -0.39 is 12.2 Å². The zero-order valence-corrected chi connectivity index (χ0v) is 10.6. The Morgan fingerprint density at radius 1 is 1.29 bits per heavy atom. The predicted molar refractivity (Wildman–Crippen MR) is 71.6 cm³/mol. The molecule has 0 saturated carbocycles. The number of benzene rings is 1. The van der Waals surface area contributed by atoms with Crippen LogP contribution in [0.3, 0.4) is 0 Å². The van der Waals surface area contributed by atoms with Gasteiger partial charge in [0.2, 0.25) is 0 Å². The van der Waals surface area contributed by atoms with Gasteiger partial charge in [0.15, 0.2) is 0 Å². The van der Waals surface area contributed by atoms with E-state index in [0.29, 0.717) is 16.1 Å². The van der Waals surface area contributed by atoms with Gasteiger partial charge >= 0.3 is 0 Å². The van der Waals surface area contributed by atoms with E-state index in [1.807, 2.05) is 0 Å². The smallest absolute Gasteiger partial charge is 0.106 e. The third-order valence-corrected chi connectivity index (χ3v) is 3.31. The summed E-state index contributed by atoms with van der Waals surface area (Å²) < 4.78 is 0. The van der Waals surface area contributed by atoms with Crippen LogP contribution >= 0.6 is 24.2 Å². The lowest BCUT2D eigenvalue weighted by Crippen LogP contribution is -2.19. The number of aliphatic hydroxyl groups excluding tert-OH is 2. The van der Waals surface area contributed by atoms with Crippen LogP contribution < -0.4 is 0 Å². The Kier molecular flexibility index (Phi) is 3.89. The molecule has 2 rings (SSSR count). The molecule has 17 heavy (non-hydrogen) atoms. The number of fused-ring (bicyclic) bond motifs is 1. The first kappa shape index (κ1) is 12.6. The SMILES string of the molecule is OC(CS)C(O)c1ccc2c(Cl)ccnc2c1. The van der Waals surface area contributed by atoms with Gasteiger partial charge in [-0.15, -0.1) is 0 Å². The number of pyridine rings is 1. The number of halogens is 1. The molecule has 1 heterocycles. The van der Waals surface area contributed by atoms with E-state index in [1.54, 1.807) is 30.5 Å². The third-order valence-electron chi connectivity index (χ3n) is 2.61. The summed E-state index contributed by atoms with van der Waals surface area (Å²) in [6, 6.07) is 6.95. The Morgan fingerprint density at radius 2 is 2.06 bits per heavy atom. The monoisotopic (exact) mass is 269 g/mol. The van der Waals surface area contributed by atoms with Gasteiger partial charge in [-0.25, -0.2) is 0 Å². The Bertz CT molecular complexity index is 535. The van der Waals surface area contributed by atoms with Crippen LogP contribution in [-0.4, -0.2) is 27.1 Å². The van der Waals surface area contributed by atoms with E-state index in [9.17, 15) is 10.2 Å². The fourth-order valence-corrected chi connectivity index (χ4v) is 2.05. The predicted octanol–water partition coefficient (Wildman–Crippen LogP) is 2.21. The number of aliphatic hydroxyl groups is 2. The van der Waals surface area contributed by atoms with Crippen LogP contribution in [0, 0.1) is 0 Å². The summed E-state index contributed by atoms with van der Waals surface area (Å²) in [4.78, 5) is 4.17. The topological polar surface area (TPSA) is 53.4 Å². The Hall–Kier alpha value is -0.810. The highest BCUT2D eigenvalue weighted by atomic mass is 35.5. The number of hydrogen-bond acceptors (Lipinski definition) is 4. The van der Waals surface area contributed by atoms with Crippen molar-refractivity contribution in [2.75, 3.05) is 5.75 Å². The molecule has 0 spiro atoms. The van der Waals surface area contributed by atoms with Gasteiger partial charge in [-0.05, 0) is 17.7 Å². The molecule has 3 nitrogen and oxygen atoms in total. The maximum atomic E-state index is 9.86.